The molecule has 108 valence electrons. The summed E-state index contributed by atoms with van der Waals surface area (Å²) in [5.74, 6) is 2.32. The number of hydrogen-bond donors (Lipinski definition) is 3. The smallest absolute Gasteiger partial charge is 0.134 e. The molecule has 0 aliphatic heterocycles. The number of nitrogens with zero attached hydrogens (tertiary/aromatic N) is 2. The number of aliphatic hydroxyl groups is 2. The van der Waals surface area contributed by atoms with Crippen LogP contribution in [-0.2, 0) is 0 Å². The Morgan fingerprint density at radius 3 is 2.53 bits per heavy atom. The van der Waals surface area contributed by atoms with Crippen LogP contribution < -0.4 is 5.32 Å². The zero-order valence-electron chi connectivity index (χ0n) is 12.0. The van der Waals surface area contributed by atoms with Gasteiger partial charge >= 0.3 is 0 Å². The summed E-state index contributed by atoms with van der Waals surface area (Å²) < 4.78 is 0. The van der Waals surface area contributed by atoms with Crippen molar-refractivity contribution >= 4 is 17.6 Å². The lowest BCUT2D eigenvalue weighted by molar-refractivity contribution is 0.113. The van der Waals surface area contributed by atoms with Crippen molar-refractivity contribution in [1.29, 1.82) is 0 Å². The van der Waals surface area contributed by atoms with E-state index in [0.29, 0.717) is 5.75 Å². The summed E-state index contributed by atoms with van der Waals surface area (Å²) in [4.78, 5) is 9.06. The van der Waals surface area contributed by atoms with Crippen LogP contribution in [0.2, 0.25) is 0 Å². The van der Waals surface area contributed by atoms with Gasteiger partial charge in [0.05, 0.1) is 12.7 Å². The summed E-state index contributed by atoms with van der Waals surface area (Å²) in [5.41, 5.74) is 0.987. The lowest BCUT2D eigenvalue weighted by Gasteiger charge is -2.15. The lowest BCUT2D eigenvalue weighted by Crippen LogP contribution is -2.15. The molecular formula is C13H23N3O2S. The van der Waals surface area contributed by atoms with Crippen LogP contribution >= 0.6 is 11.8 Å². The van der Waals surface area contributed by atoms with Gasteiger partial charge < -0.3 is 15.5 Å². The monoisotopic (exact) mass is 285 g/mol. The van der Waals surface area contributed by atoms with Crippen LogP contribution in [0, 0.1) is 6.92 Å². The Balaban J connectivity index is 3.00. The second-order valence-corrected chi connectivity index (χ2v) is 5.70. The Labute approximate surface area is 118 Å². The van der Waals surface area contributed by atoms with Crippen LogP contribution in [0.25, 0.3) is 0 Å². The van der Waals surface area contributed by atoms with Gasteiger partial charge in [-0.15, -0.1) is 11.8 Å². The number of aromatic nitrogens is 2. The van der Waals surface area contributed by atoms with Gasteiger partial charge in [0.1, 0.15) is 16.7 Å². The van der Waals surface area contributed by atoms with E-state index >= 15 is 0 Å². The largest absolute Gasteiger partial charge is 0.394 e. The second kappa shape index (κ2) is 7.67. The van der Waals surface area contributed by atoms with E-state index in [-0.39, 0.29) is 12.5 Å². The zero-order chi connectivity index (χ0) is 14.4. The first kappa shape index (κ1) is 16.2. The van der Waals surface area contributed by atoms with E-state index in [2.05, 4.69) is 29.1 Å². The van der Waals surface area contributed by atoms with Gasteiger partial charge in [0.2, 0.25) is 0 Å². The Kier molecular flexibility index (Phi) is 6.54. The quantitative estimate of drug-likeness (QED) is 0.523. The first-order chi connectivity index (χ1) is 8.99. The highest BCUT2D eigenvalue weighted by molar-refractivity contribution is 7.99. The Bertz CT molecular complexity index is 413. The zero-order valence-corrected chi connectivity index (χ0v) is 12.8. The molecule has 0 fully saturated rings. The average molecular weight is 285 g/mol. The van der Waals surface area contributed by atoms with E-state index in [1.54, 1.807) is 0 Å². The molecule has 0 amide bonds. The van der Waals surface area contributed by atoms with Gasteiger partial charge in [-0.1, -0.05) is 13.8 Å². The highest BCUT2D eigenvalue weighted by atomic mass is 32.2. The topological polar surface area (TPSA) is 78.3 Å². The Hall–Kier alpha value is -0.850. The standard InChI is InChI=1S/C13H23N3O2S/c1-5-14-12-9(4)13(19-7-10(18)6-17)16-11(15-12)8(2)3/h8,10,17-18H,5-7H2,1-4H3,(H,14,15,16). The molecule has 19 heavy (non-hydrogen) atoms. The van der Waals surface area contributed by atoms with Crippen LogP contribution in [-0.4, -0.2) is 45.2 Å². The van der Waals surface area contributed by atoms with Gasteiger partial charge in [0.15, 0.2) is 0 Å². The molecule has 0 aliphatic rings. The molecule has 3 N–H and O–H groups in total. The Morgan fingerprint density at radius 2 is 2.00 bits per heavy atom. The van der Waals surface area contributed by atoms with E-state index in [9.17, 15) is 5.11 Å². The minimum Gasteiger partial charge on any atom is -0.394 e. The van der Waals surface area contributed by atoms with E-state index in [1.165, 1.54) is 11.8 Å². The van der Waals surface area contributed by atoms with Crippen LogP contribution in [0.5, 0.6) is 0 Å². The van der Waals surface area contributed by atoms with Crippen molar-refractivity contribution < 1.29 is 10.2 Å². The van der Waals surface area contributed by atoms with Gasteiger partial charge in [0, 0.05) is 23.8 Å². The van der Waals surface area contributed by atoms with Crippen molar-refractivity contribution in [1.82, 2.24) is 9.97 Å². The van der Waals surface area contributed by atoms with Crippen molar-refractivity contribution in [2.45, 2.75) is 44.7 Å². The third-order valence-corrected chi connectivity index (χ3v) is 3.82. The molecule has 1 aromatic rings. The molecule has 0 saturated heterocycles. The molecule has 6 heteroatoms. The molecule has 1 atom stereocenters. The predicted octanol–water partition coefficient (Wildman–Crippen LogP) is 1.79. The van der Waals surface area contributed by atoms with Crippen LogP contribution in [0.1, 0.15) is 38.1 Å². The maximum Gasteiger partial charge on any atom is 0.134 e. The van der Waals surface area contributed by atoms with Crippen LogP contribution in [0.4, 0.5) is 5.82 Å². The molecule has 5 nitrogen and oxygen atoms in total. The fourth-order valence-corrected chi connectivity index (χ4v) is 2.41. The van der Waals surface area contributed by atoms with Gasteiger partial charge in [-0.2, -0.15) is 0 Å². The van der Waals surface area contributed by atoms with Crippen molar-refractivity contribution in [2.75, 3.05) is 24.2 Å². The average Bonchev–Trinajstić information content (AvgIpc) is 2.39. The summed E-state index contributed by atoms with van der Waals surface area (Å²) in [6.07, 6.45) is -0.718. The van der Waals surface area contributed by atoms with E-state index in [1.807, 2.05) is 13.8 Å². The number of nitrogens with one attached hydrogen (secondary N) is 1. The third kappa shape index (κ3) is 4.63. The summed E-state index contributed by atoms with van der Waals surface area (Å²) >= 11 is 1.45. The SMILES string of the molecule is CCNc1nc(C(C)C)nc(SCC(O)CO)c1C. The van der Waals surface area contributed by atoms with Crippen molar-refractivity contribution in [3.05, 3.63) is 11.4 Å². The molecule has 1 aromatic heterocycles. The molecule has 0 aromatic carbocycles. The van der Waals surface area contributed by atoms with Gasteiger partial charge in [-0.25, -0.2) is 9.97 Å². The molecule has 0 aliphatic carbocycles. The third-order valence-electron chi connectivity index (χ3n) is 2.60. The lowest BCUT2D eigenvalue weighted by atomic mass is 10.2. The van der Waals surface area contributed by atoms with Gasteiger partial charge in [0.25, 0.3) is 0 Å². The highest BCUT2D eigenvalue weighted by Crippen LogP contribution is 2.27. The number of rotatable bonds is 7. The number of hydrogen-bond acceptors (Lipinski definition) is 6. The van der Waals surface area contributed by atoms with Crippen molar-refractivity contribution in [3.8, 4) is 0 Å². The minimum atomic E-state index is -0.718. The molecule has 1 unspecified atom stereocenters. The first-order valence-corrected chi connectivity index (χ1v) is 7.52. The molecule has 1 rings (SSSR count). The highest BCUT2D eigenvalue weighted by Gasteiger charge is 2.14. The maximum absolute atomic E-state index is 9.43. The molecule has 0 spiro atoms. The Morgan fingerprint density at radius 1 is 1.32 bits per heavy atom. The summed E-state index contributed by atoms with van der Waals surface area (Å²) in [5, 5.41) is 22.4. The van der Waals surface area contributed by atoms with Crippen LogP contribution in [0.15, 0.2) is 5.03 Å². The maximum atomic E-state index is 9.43. The van der Waals surface area contributed by atoms with Crippen molar-refractivity contribution in [2.24, 2.45) is 0 Å². The predicted molar refractivity (Wildman–Crippen MR) is 78.8 cm³/mol. The number of anilines is 1. The minimum absolute atomic E-state index is 0.228. The van der Waals surface area contributed by atoms with Gasteiger partial charge in [-0.05, 0) is 13.8 Å². The fraction of sp³-hybridized carbons (Fsp3) is 0.692. The molecule has 0 radical (unpaired) electrons. The number of thioether (sulfide) groups is 1. The fourth-order valence-electron chi connectivity index (χ4n) is 1.48. The summed E-state index contributed by atoms with van der Waals surface area (Å²) in [6, 6.07) is 0. The van der Waals surface area contributed by atoms with E-state index in [4.69, 9.17) is 5.11 Å². The van der Waals surface area contributed by atoms with E-state index in [0.717, 1.165) is 28.8 Å². The second-order valence-electron chi connectivity index (χ2n) is 4.69. The van der Waals surface area contributed by atoms with Gasteiger partial charge in [-0.3, -0.25) is 0 Å². The van der Waals surface area contributed by atoms with Crippen LogP contribution in [0.3, 0.4) is 0 Å². The molecular weight excluding hydrogens is 262 g/mol. The normalized spacial score (nSPS) is 12.8. The first-order valence-electron chi connectivity index (χ1n) is 6.53. The molecule has 0 bridgehead atoms. The molecule has 1 heterocycles. The molecule has 0 saturated carbocycles. The van der Waals surface area contributed by atoms with Crippen molar-refractivity contribution in [3.63, 3.8) is 0 Å². The number of aliphatic hydroxyl groups excluding tert-OH is 2. The van der Waals surface area contributed by atoms with E-state index < -0.39 is 6.10 Å². The summed E-state index contributed by atoms with van der Waals surface area (Å²) in [7, 11) is 0. The summed E-state index contributed by atoms with van der Waals surface area (Å²) in [6.45, 7) is 8.68.